The number of imidazole rings is 1. The zero-order chi connectivity index (χ0) is 13.4. The first-order valence-corrected chi connectivity index (χ1v) is 7.10. The van der Waals surface area contributed by atoms with Gasteiger partial charge in [-0.25, -0.2) is 9.97 Å². The van der Waals surface area contributed by atoms with E-state index in [1.807, 2.05) is 26.2 Å². The maximum absolute atomic E-state index is 5.52. The van der Waals surface area contributed by atoms with Gasteiger partial charge in [0.25, 0.3) is 0 Å². The third-order valence-electron chi connectivity index (χ3n) is 3.15. The van der Waals surface area contributed by atoms with Crippen molar-refractivity contribution in [3.8, 4) is 0 Å². The maximum Gasteiger partial charge on any atom is 0.211 e. The Hall–Kier alpha value is -1.66. The van der Waals surface area contributed by atoms with Gasteiger partial charge >= 0.3 is 0 Å². The van der Waals surface area contributed by atoms with E-state index in [1.165, 1.54) is 5.69 Å². The first-order chi connectivity index (χ1) is 9.15. The molecule has 3 aromatic heterocycles. The fourth-order valence-electron chi connectivity index (χ4n) is 2.06. The molecule has 0 spiro atoms. The SMILES string of the molecule is Cc1cnc(C(C)NCc2c(C)nc3sccn23)o1. The molecule has 1 atom stereocenters. The van der Waals surface area contributed by atoms with Crippen LogP contribution >= 0.6 is 11.3 Å². The lowest BCUT2D eigenvalue weighted by Crippen LogP contribution is -2.19. The van der Waals surface area contributed by atoms with Crippen LogP contribution in [0.4, 0.5) is 0 Å². The van der Waals surface area contributed by atoms with E-state index in [9.17, 15) is 0 Å². The number of hydrogen-bond acceptors (Lipinski definition) is 5. The molecule has 3 rings (SSSR count). The lowest BCUT2D eigenvalue weighted by molar-refractivity contribution is 0.400. The van der Waals surface area contributed by atoms with Gasteiger partial charge in [-0.15, -0.1) is 11.3 Å². The number of aromatic nitrogens is 3. The zero-order valence-corrected chi connectivity index (χ0v) is 12.0. The molecule has 1 unspecified atom stereocenters. The second kappa shape index (κ2) is 4.79. The molecule has 5 nitrogen and oxygen atoms in total. The number of hydrogen-bond donors (Lipinski definition) is 1. The molecule has 6 heteroatoms. The topological polar surface area (TPSA) is 55.4 Å². The Morgan fingerprint density at radius 2 is 2.32 bits per heavy atom. The molecule has 0 bridgehead atoms. The van der Waals surface area contributed by atoms with Gasteiger partial charge in [-0.05, 0) is 20.8 Å². The maximum atomic E-state index is 5.52. The fourth-order valence-corrected chi connectivity index (χ4v) is 2.84. The number of aryl methyl sites for hydroxylation is 2. The number of rotatable bonds is 4. The number of thiazole rings is 1. The van der Waals surface area contributed by atoms with Crippen molar-refractivity contribution in [3.05, 3.63) is 40.8 Å². The van der Waals surface area contributed by atoms with Gasteiger partial charge in [0.15, 0.2) is 4.96 Å². The number of nitrogens with one attached hydrogen (secondary N) is 1. The van der Waals surface area contributed by atoms with Gasteiger partial charge in [0.2, 0.25) is 5.89 Å². The Balaban J connectivity index is 1.75. The van der Waals surface area contributed by atoms with Crippen LogP contribution in [0.1, 0.15) is 36.0 Å². The summed E-state index contributed by atoms with van der Waals surface area (Å²) in [4.78, 5) is 9.81. The predicted molar refractivity (Wildman–Crippen MR) is 74.3 cm³/mol. The van der Waals surface area contributed by atoms with E-state index in [1.54, 1.807) is 17.5 Å². The molecule has 19 heavy (non-hydrogen) atoms. The van der Waals surface area contributed by atoms with E-state index >= 15 is 0 Å². The lowest BCUT2D eigenvalue weighted by atomic mass is 10.3. The van der Waals surface area contributed by atoms with Gasteiger partial charge < -0.3 is 9.73 Å². The van der Waals surface area contributed by atoms with Gasteiger partial charge in [0.1, 0.15) is 5.76 Å². The van der Waals surface area contributed by atoms with Crippen LogP contribution in [0.15, 0.2) is 22.2 Å². The Morgan fingerprint density at radius 1 is 1.47 bits per heavy atom. The lowest BCUT2D eigenvalue weighted by Gasteiger charge is -2.10. The molecule has 0 saturated carbocycles. The van der Waals surface area contributed by atoms with Crippen molar-refractivity contribution in [1.82, 2.24) is 19.7 Å². The van der Waals surface area contributed by atoms with E-state index in [-0.39, 0.29) is 6.04 Å². The molecule has 0 aromatic carbocycles. The Bertz CT molecular complexity index is 696. The minimum atomic E-state index is 0.0808. The summed E-state index contributed by atoms with van der Waals surface area (Å²) < 4.78 is 7.65. The molecule has 0 aliphatic carbocycles. The van der Waals surface area contributed by atoms with E-state index < -0.39 is 0 Å². The van der Waals surface area contributed by atoms with Gasteiger partial charge in [-0.2, -0.15) is 0 Å². The molecule has 3 heterocycles. The monoisotopic (exact) mass is 276 g/mol. The average Bonchev–Trinajstić information content (AvgIpc) is 3.03. The van der Waals surface area contributed by atoms with Crippen molar-refractivity contribution in [2.24, 2.45) is 0 Å². The molecule has 100 valence electrons. The van der Waals surface area contributed by atoms with Gasteiger partial charge in [0.05, 0.1) is 23.6 Å². The summed E-state index contributed by atoms with van der Waals surface area (Å²) in [7, 11) is 0. The van der Waals surface area contributed by atoms with Crippen molar-refractivity contribution in [1.29, 1.82) is 0 Å². The van der Waals surface area contributed by atoms with Crippen LogP contribution in [-0.4, -0.2) is 14.4 Å². The molecule has 0 aliphatic heterocycles. The summed E-state index contributed by atoms with van der Waals surface area (Å²) in [6, 6.07) is 0.0808. The molecule has 1 N–H and O–H groups in total. The highest BCUT2D eigenvalue weighted by Crippen LogP contribution is 2.18. The fraction of sp³-hybridized carbons (Fsp3) is 0.385. The molecule has 3 aromatic rings. The Labute approximate surface area is 115 Å². The highest BCUT2D eigenvalue weighted by atomic mass is 32.1. The molecule has 0 amide bonds. The third-order valence-corrected chi connectivity index (χ3v) is 3.90. The van der Waals surface area contributed by atoms with Crippen molar-refractivity contribution in [3.63, 3.8) is 0 Å². The van der Waals surface area contributed by atoms with Gasteiger partial charge in [-0.3, -0.25) is 4.40 Å². The first-order valence-electron chi connectivity index (χ1n) is 6.22. The molecular formula is C13H16N4OS. The summed E-state index contributed by atoms with van der Waals surface area (Å²) >= 11 is 1.65. The summed E-state index contributed by atoms with van der Waals surface area (Å²) in [5.41, 5.74) is 2.25. The van der Waals surface area contributed by atoms with Gasteiger partial charge in [-0.1, -0.05) is 0 Å². The van der Waals surface area contributed by atoms with E-state index in [2.05, 4.69) is 25.9 Å². The number of nitrogens with zero attached hydrogens (tertiary/aromatic N) is 3. The molecule has 0 radical (unpaired) electrons. The summed E-state index contributed by atoms with van der Waals surface area (Å²) in [5.74, 6) is 1.56. The van der Waals surface area contributed by atoms with Crippen LogP contribution in [0.5, 0.6) is 0 Å². The normalized spacial score (nSPS) is 13.2. The first kappa shape index (κ1) is 12.4. The van der Waals surface area contributed by atoms with Gasteiger partial charge in [0, 0.05) is 18.1 Å². The van der Waals surface area contributed by atoms with E-state index in [0.29, 0.717) is 0 Å². The molecule has 0 fully saturated rings. The van der Waals surface area contributed by atoms with Crippen LogP contribution in [0.3, 0.4) is 0 Å². The molecule has 0 saturated heterocycles. The minimum Gasteiger partial charge on any atom is -0.444 e. The summed E-state index contributed by atoms with van der Waals surface area (Å²) in [6.07, 6.45) is 3.80. The Kier molecular flexibility index (Phi) is 3.12. The van der Waals surface area contributed by atoms with E-state index in [0.717, 1.165) is 28.9 Å². The van der Waals surface area contributed by atoms with Crippen molar-refractivity contribution in [2.45, 2.75) is 33.4 Å². The number of oxazole rings is 1. The van der Waals surface area contributed by atoms with Crippen LogP contribution in [-0.2, 0) is 6.54 Å². The van der Waals surface area contributed by atoms with Crippen LogP contribution in [0, 0.1) is 13.8 Å². The smallest absolute Gasteiger partial charge is 0.211 e. The van der Waals surface area contributed by atoms with Crippen LogP contribution < -0.4 is 5.32 Å². The summed E-state index contributed by atoms with van der Waals surface area (Å²) in [5, 5.41) is 5.47. The van der Waals surface area contributed by atoms with Crippen LogP contribution in [0.25, 0.3) is 4.96 Å². The van der Waals surface area contributed by atoms with Crippen molar-refractivity contribution >= 4 is 16.3 Å². The van der Waals surface area contributed by atoms with E-state index in [4.69, 9.17) is 4.42 Å². The van der Waals surface area contributed by atoms with Crippen LogP contribution in [0.2, 0.25) is 0 Å². The Morgan fingerprint density at radius 3 is 3.05 bits per heavy atom. The standard InChI is InChI=1S/C13H16N4OS/c1-8-6-15-12(18-8)10(3)14-7-11-9(2)16-13-17(11)4-5-19-13/h4-6,10,14H,7H2,1-3H3. The highest BCUT2D eigenvalue weighted by Gasteiger charge is 2.14. The quantitative estimate of drug-likeness (QED) is 0.796. The minimum absolute atomic E-state index is 0.0808. The third kappa shape index (κ3) is 2.29. The summed E-state index contributed by atoms with van der Waals surface area (Å²) in [6.45, 7) is 6.73. The zero-order valence-electron chi connectivity index (χ0n) is 11.2. The largest absolute Gasteiger partial charge is 0.444 e. The second-order valence-electron chi connectivity index (χ2n) is 4.61. The number of fused-ring (bicyclic) bond motifs is 1. The van der Waals surface area contributed by atoms with Crippen molar-refractivity contribution < 1.29 is 4.42 Å². The molecule has 0 aliphatic rings. The second-order valence-corrected chi connectivity index (χ2v) is 5.48. The average molecular weight is 276 g/mol. The highest BCUT2D eigenvalue weighted by molar-refractivity contribution is 7.15. The predicted octanol–water partition coefficient (Wildman–Crippen LogP) is 2.85. The molecular weight excluding hydrogens is 260 g/mol. The van der Waals surface area contributed by atoms with Crippen molar-refractivity contribution in [2.75, 3.05) is 0 Å².